The topological polar surface area (TPSA) is 55.2 Å². The molecule has 0 unspecified atom stereocenters. The standard InChI is InChI=1S/C9H9FN2O2.ClH/c10-6-1-2-7(8-3-4-11-8)9(5-6)12(13)14;/h1-2,5,8,11H,3-4H2;1H/t8-;/m0./s1. The zero-order valence-electron chi connectivity index (χ0n) is 7.77. The van der Waals surface area contributed by atoms with Gasteiger partial charge in [-0.25, -0.2) is 4.39 Å². The first-order valence-electron chi connectivity index (χ1n) is 4.35. The van der Waals surface area contributed by atoms with Crippen molar-refractivity contribution in [2.45, 2.75) is 12.5 Å². The lowest BCUT2D eigenvalue weighted by molar-refractivity contribution is -0.386. The minimum atomic E-state index is -0.570. The zero-order chi connectivity index (χ0) is 10.1. The van der Waals surface area contributed by atoms with Crippen LogP contribution in [0, 0.1) is 15.9 Å². The van der Waals surface area contributed by atoms with Gasteiger partial charge in [0, 0.05) is 11.6 Å². The Balaban J connectivity index is 0.00000112. The number of nitro groups is 1. The Hall–Kier alpha value is -1.20. The fourth-order valence-corrected chi connectivity index (χ4v) is 1.52. The summed E-state index contributed by atoms with van der Waals surface area (Å²) in [5.41, 5.74) is 0.435. The van der Waals surface area contributed by atoms with Gasteiger partial charge in [0.25, 0.3) is 5.69 Å². The van der Waals surface area contributed by atoms with Gasteiger partial charge >= 0.3 is 0 Å². The van der Waals surface area contributed by atoms with E-state index in [0.29, 0.717) is 5.56 Å². The molecule has 2 rings (SSSR count). The van der Waals surface area contributed by atoms with Gasteiger partial charge in [-0.3, -0.25) is 10.1 Å². The normalized spacial score (nSPS) is 18.9. The molecule has 0 amide bonds. The number of nitrogens with one attached hydrogen (secondary N) is 1. The van der Waals surface area contributed by atoms with Crippen molar-refractivity contribution in [1.29, 1.82) is 0 Å². The molecule has 1 aromatic rings. The van der Waals surface area contributed by atoms with E-state index in [1.54, 1.807) is 0 Å². The number of benzene rings is 1. The summed E-state index contributed by atoms with van der Waals surface area (Å²) in [6, 6.07) is 3.71. The molecule has 4 nitrogen and oxygen atoms in total. The van der Waals surface area contributed by atoms with Gasteiger partial charge in [-0.15, -0.1) is 12.4 Å². The molecule has 0 aromatic heterocycles. The van der Waals surface area contributed by atoms with Gasteiger partial charge in [0.1, 0.15) is 5.82 Å². The van der Waals surface area contributed by atoms with Crippen molar-refractivity contribution in [3.8, 4) is 0 Å². The highest BCUT2D eigenvalue weighted by molar-refractivity contribution is 5.85. The third kappa shape index (κ3) is 2.24. The first kappa shape index (κ1) is 11.9. The second kappa shape index (κ2) is 4.55. The lowest BCUT2D eigenvalue weighted by Gasteiger charge is -2.27. The first-order valence-corrected chi connectivity index (χ1v) is 4.35. The summed E-state index contributed by atoms with van der Waals surface area (Å²) in [4.78, 5) is 10.1. The Kier molecular flexibility index (Phi) is 3.60. The molecule has 0 saturated carbocycles. The third-order valence-electron chi connectivity index (χ3n) is 2.39. The van der Waals surface area contributed by atoms with Crippen LogP contribution in [0.1, 0.15) is 18.0 Å². The summed E-state index contributed by atoms with van der Waals surface area (Å²) in [5, 5.41) is 13.7. The molecule has 1 aliphatic rings. The Bertz CT molecular complexity index is 382. The van der Waals surface area contributed by atoms with E-state index >= 15 is 0 Å². The van der Waals surface area contributed by atoms with Crippen LogP contribution in [0.15, 0.2) is 18.2 Å². The van der Waals surface area contributed by atoms with E-state index in [0.717, 1.165) is 19.0 Å². The molecule has 0 radical (unpaired) electrons. The van der Waals surface area contributed by atoms with Crippen LogP contribution in [0.4, 0.5) is 10.1 Å². The molecule has 1 fully saturated rings. The van der Waals surface area contributed by atoms with Crippen LogP contribution in [-0.4, -0.2) is 11.5 Å². The molecule has 1 atom stereocenters. The molecule has 0 aliphatic carbocycles. The molecule has 1 aliphatic heterocycles. The molecule has 1 N–H and O–H groups in total. The maximum Gasteiger partial charge on any atom is 0.277 e. The van der Waals surface area contributed by atoms with Gasteiger partial charge in [0.05, 0.1) is 11.0 Å². The van der Waals surface area contributed by atoms with Crippen LogP contribution < -0.4 is 5.32 Å². The summed E-state index contributed by atoms with van der Waals surface area (Å²) in [6.45, 7) is 0.860. The van der Waals surface area contributed by atoms with Gasteiger partial charge in [-0.05, 0) is 25.1 Å². The van der Waals surface area contributed by atoms with Gasteiger partial charge in [-0.2, -0.15) is 0 Å². The molecule has 0 bridgehead atoms. The average Bonchev–Trinajstić information content (AvgIpc) is 2.04. The maximum atomic E-state index is 12.8. The smallest absolute Gasteiger partial charge is 0.277 e. The highest BCUT2D eigenvalue weighted by Crippen LogP contribution is 2.31. The van der Waals surface area contributed by atoms with E-state index in [1.807, 2.05) is 0 Å². The third-order valence-corrected chi connectivity index (χ3v) is 2.39. The van der Waals surface area contributed by atoms with Crippen molar-refractivity contribution in [1.82, 2.24) is 5.32 Å². The van der Waals surface area contributed by atoms with Crippen LogP contribution in [-0.2, 0) is 0 Å². The molecule has 1 saturated heterocycles. The summed E-state index contributed by atoms with van der Waals surface area (Å²) < 4.78 is 12.8. The van der Waals surface area contributed by atoms with E-state index in [9.17, 15) is 14.5 Å². The highest BCUT2D eigenvalue weighted by atomic mass is 35.5. The van der Waals surface area contributed by atoms with Crippen molar-refractivity contribution in [2.24, 2.45) is 0 Å². The average molecular weight is 233 g/mol. The first-order chi connectivity index (χ1) is 6.68. The summed E-state index contributed by atoms with van der Waals surface area (Å²) in [7, 11) is 0. The molecular weight excluding hydrogens is 223 g/mol. The van der Waals surface area contributed by atoms with E-state index in [-0.39, 0.29) is 24.1 Å². The van der Waals surface area contributed by atoms with Crippen molar-refractivity contribution >= 4 is 18.1 Å². The molecule has 15 heavy (non-hydrogen) atoms. The van der Waals surface area contributed by atoms with Gasteiger partial charge in [0.2, 0.25) is 0 Å². The fourth-order valence-electron chi connectivity index (χ4n) is 1.52. The second-order valence-corrected chi connectivity index (χ2v) is 3.26. The fraction of sp³-hybridized carbons (Fsp3) is 0.333. The largest absolute Gasteiger partial charge is 0.310 e. The summed E-state index contributed by atoms with van der Waals surface area (Å²) in [6.07, 6.45) is 0.868. The van der Waals surface area contributed by atoms with Gasteiger partial charge < -0.3 is 5.32 Å². The van der Waals surface area contributed by atoms with Gasteiger partial charge in [0.15, 0.2) is 0 Å². The van der Waals surface area contributed by atoms with Crippen LogP contribution in [0.3, 0.4) is 0 Å². The Morgan fingerprint density at radius 1 is 1.53 bits per heavy atom. The molecular formula is C9H10ClFN2O2. The van der Waals surface area contributed by atoms with Crippen molar-refractivity contribution < 1.29 is 9.31 Å². The molecule has 1 heterocycles. The Labute approximate surface area is 92.0 Å². The lowest BCUT2D eigenvalue weighted by atomic mass is 9.96. The van der Waals surface area contributed by atoms with E-state index < -0.39 is 10.7 Å². The number of halogens is 2. The number of rotatable bonds is 2. The Morgan fingerprint density at radius 2 is 2.20 bits per heavy atom. The summed E-state index contributed by atoms with van der Waals surface area (Å²) >= 11 is 0. The van der Waals surface area contributed by atoms with E-state index in [1.165, 1.54) is 12.1 Å². The van der Waals surface area contributed by atoms with Crippen LogP contribution in [0.25, 0.3) is 0 Å². The van der Waals surface area contributed by atoms with Crippen molar-refractivity contribution in [3.63, 3.8) is 0 Å². The maximum absolute atomic E-state index is 12.8. The van der Waals surface area contributed by atoms with Crippen molar-refractivity contribution in [3.05, 3.63) is 39.7 Å². The molecule has 6 heteroatoms. The lowest BCUT2D eigenvalue weighted by Crippen LogP contribution is -2.35. The van der Waals surface area contributed by atoms with Crippen LogP contribution in [0.5, 0.6) is 0 Å². The predicted molar refractivity (Wildman–Crippen MR) is 55.7 cm³/mol. The highest BCUT2D eigenvalue weighted by Gasteiger charge is 2.26. The van der Waals surface area contributed by atoms with Crippen LogP contribution in [0.2, 0.25) is 0 Å². The number of hydrogen-bond donors (Lipinski definition) is 1. The molecule has 82 valence electrons. The summed E-state index contributed by atoms with van der Waals surface area (Å²) in [5.74, 6) is -0.570. The second-order valence-electron chi connectivity index (χ2n) is 3.26. The zero-order valence-corrected chi connectivity index (χ0v) is 8.59. The number of nitrogens with zero attached hydrogens (tertiary/aromatic N) is 1. The number of hydrogen-bond acceptors (Lipinski definition) is 3. The minimum Gasteiger partial charge on any atom is -0.310 e. The van der Waals surface area contributed by atoms with E-state index in [2.05, 4.69) is 5.32 Å². The predicted octanol–water partition coefficient (Wildman–Crippen LogP) is 2.19. The minimum absolute atomic E-state index is 0. The molecule has 0 spiro atoms. The SMILES string of the molecule is Cl.O=[N+]([O-])c1cc(F)ccc1[C@@H]1CCN1. The van der Waals surface area contributed by atoms with Crippen LogP contribution >= 0.6 is 12.4 Å². The van der Waals surface area contributed by atoms with Gasteiger partial charge in [-0.1, -0.05) is 0 Å². The quantitative estimate of drug-likeness (QED) is 0.628. The number of nitro benzene ring substituents is 1. The Morgan fingerprint density at radius 3 is 2.67 bits per heavy atom. The monoisotopic (exact) mass is 232 g/mol. The van der Waals surface area contributed by atoms with Crippen molar-refractivity contribution in [2.75, 3.05) is 6.54 Å². The molecule has 1 aromatic carbocycles. The van der Waals surface area contributed by atoms with E-state index in [4.69, 9.17) is 0 Å².